The number of hydrogen-bond acceptors (Lipinski definition) is 6. The average molecular weight is 799 g/mol. The van der Waals surface area contributed by atoms with Gasteiger partial charge in [-0.1, -0.05) is 0 Å². The number of carbonyl (C=O) groups excluding carboxylic acids is 2. The molecule has 18 fully saturated rings. The second-order valence-electron chi connectivity index (χ2n) is 24.8. The molecule has 10 heteroatoms. The van der Waals surface area contributed by atoms with Crippen LogP contribution in [0.4, 0.5) is 9.59 Å². The largest absolute Gasteiger partial charge is 0.354 e. The van der Waals surface area contributed by atoms with E-state index in [1.807, 2.05) is 19.6 Å². The van der Waals surface area contributed by atoms with E-state index in [1.54, 1.807) is 0 Å². The first-order valence-corrected chi connectivity index (χ1v) is 24.8. The third-order valence-corrected chi connectivity index (χ3v) is 20.5. The van der Waals surface area contributed by atoms with Crippen molar-refractivity contribution in [1.29, 1.82) is 0 Å². The highest BCUT2D eigenvalue weighted by Crippen LogP contribution is 2.61. The number of hydrogen-bond donors (Lipinski definition) is 0. The summed E-state index contributed by atoms with van der Waals surface area (Å²) < 4.78 is 28.7. The maximum atomic E-state index is 15.2. The number of carbonyl (C=O) groups is 2. The Morgan fingerprint density at radius 3 is 0.621 bits per heavy atom. The van der Waals surface area contributed by atoms with Gasteiger partial charge in [0.25, 0.3) is 0 Å². The molecule has 16 bridgehead atoms. The van der Waals surface area contributed by atoms with Crippen LogP contribution in [-0.4, -0.2) is 93.3 Å². The molecule has 0 spiro atoms. The Hall–Kier alpha value is -1.62. The van der Waals surface area contributed by atoms with Crippen molar-refractivity contribution in [3.05, 3.63) is 0 Å². The van der Waals surface area contributed by atoms with Crippen LogP contribution in [0, 0.1) is 71.0 Å². The highest BCUT2D eigenvalue weighted by Gasteiger charge is 2.63. The number of rotatable bonds is 12. The van der Waals surface area contributed by atoms with Gasteiger partial charge in [0.2, 0.25) is 0 Å². The smallest absolute Gasteiger partial charge is 0.327 e. The van der Waals surface area contributed by atoms with E-state index in [1.165, 1.54) is 77.0 Å². The van der Waals surface area contributed by atoms with E-state index in [0.29, 0.717) is 0 Å². The molecule has 16 saturated carbocycles. The minimum atomic E-state index is -0.497. The first kappa shape index (κ1) is 35.9. The molecule has 0 aromatic heterocycles. The molecule has 0 N–H and O–H groups in total. The van der Waals surface area contributed by atoms with Crippen LogP contribution in [0.1, 0.15) is 154 Å². The lowest BCUT2D eigenvalue weighted by Crippen LogP contribution is -2.56. The molecule has 0 radical (unpaired) electrons. The number of amides is 4. The van der Waals surface area contributed by atoms with Crippen molar-refractivity contribution in [3.8, 4) is 0 Å². The summed E-state index contributed by atoms with van der Waals surface area (Å²) in [6.45, 7) is 0.908. The highest BCUT2D eigenvalue weighted by atomic mass is 16.5. The first-order valence-electron chi connectivity index (χ1n) is 24.8. The van der Waals surface area contributed by atoms with Gasteiger partial charge in [-0.05, 0) is 225 Å². The highest BCUT2D eigenvalue weighted by molar-refractivity contribution is 5.85. The van der Waals surface area contributed by atoms with E-state index in [-0.39, 0.29) is 61.4 Å². The van der Waals surface area contributed by atoms with Crippen LogP contribution in [0.5, 0.6) is 0 Å². The Kier molecular flexibility index (Phi) is 7.75. The van der Waals surface area contributed by atoms with Crippen molar-refractivity contribution in [2.45, 2.75) is 189 Å². The SMILES string of the molecule is O=C1N(COC23CC4CC(CC(C4)C2)C3)C2C(N1COC13CC4CC(CC(C4)C1)C3)N(COC13CC4CC(CC(C4)C1)C3)C(=O)N2COC12CC3CC(CC(C3)C1)C2. The quantitative estimate of drug-likeness (QED) is 0.196. The van der Waals surface area contributed by atoms with E-state index in [2.05, 4.69) is 0 Å². The van der Waals surface area contributed by atoms with Gasteiger partial charge in [0.1, 0.15) is 26.9 Å². The summed E-state index contributed by atoms with van der Waals surface area (Å²) in [7, 11) is 0. The van der Waals surface area contributed by atoms with Gasteiger partial charge in [0.15, 0.2) is 12.3 Å². The summed E-state index contributed by atoms with van der Waals surface area (Å²) in [4.78, 5) is 38.3. The molecule has 18 rings (SSSR count). The maximum absolute atomic E-state index is 15.2. The molecule has 58 heavy (non-hydrogen) atoms. The van der Waals surface area contributed by atoms with Gasteiger partial charge in [0, 0.05) is 0 Å². The lowest BCUT2D eigenvalue weighted by atomic mass is 9.54. The van der Waals surface area contributed by atoms with Gasteiger partial charge in [0.05, 0.1) is 22.4 Å². The van der Waals surface area contributed by atoms with E-state index in [0.717, 1.165) is 148 Å². The Bertz CT molecular complexity index is 1340. The molecule has 0 aromatic rings. The van der Waals surface area contributed by atoms with Crippen LogP contribution < -0.4 is 0 Å². The van der Waals surface area contributed by atoms with Crippen molar-refractivity contribution in [1.82, 2.24) is 19.6 Å². The average Bonchev–Trinajstić information content (AvgIpc) is 3.56. The van der Waals surface area contributed by atoms with Crippen molar-refractivity contribution < 1.29 is 28.5 Å². The molecule has 4 amide bonds. The lowest BCUT2D eigenvalue weighted by molar-refractivity contribution is -0.198. The van der Waals surface area contributed by atoms with Crippen LogP contribution >= 0.6 is 0 Å². The standard InChI is InChI=1S/C48H70N4O6/c53-43-49(25-55-45-13-29-1-30(14-45)3-31(2-29)15-45)41-42(51(43)27-57-47-19-35-7-36(20-47)9-37(8-35)21-47)52(28-58-48-22-38-10-39(23-48)12-40(11-38)24-48)44(54)50(41)26-56-46-16-32-4-33(17-46)6-34(5-32)18-46/h29-42H,1-28H2. The van der Waals surface area contributed by atoms with Gasteiger partial charge < -0.3 is 18.9 Å². The van der Waals surface area contributed by atoms with E-state index in [9.17, 15) is 0 Å². The zero-order chi connectivity index (χ0) is 38.2. The van der Waals surface area contributed by atoms with Crippen molar-refractivity contribution in [2.24, 2.45) is 71.0 Å². The van der Waals surface area contributed by atoms with Crippen molar-refractivity contribution in [3.63, 3.8) is 0 Å². The van der Waals surface area contributed by atoms with E-state index >= 15 is 9.59 Å². The number of urea groups is 2. The monoisotopic (exact) mass is 799 g/mol. The third-order valence-electron chi connectivity index (χ3n) is 20.5. The normalized spacial score (nSPS) is 54.7. The molecule has 0 unspecified atom stereocenters. The fourth-order valence-electron chi connectivity index (χ4n) is 19.9. The van der Waals surface area contributed by atoms with E-state index in [4.69, 9.17) is 18.9 Å². The topological polar surface area (TPSA) is 84.0 Å². The molecule has 318 valence electrons. The Labute approximate surface area is 346 Å². The van der Waals surface area contributed by atoms with Gasteiger partial charge in [-0.15, -0.1) is 0 Å². The minimum Gasteiger partial charge on any atom is -0.354 e. The van der Waals surface area contributed by atoms with Crippen LogP contribution in [0.2, 0.25) is 0 Å². The lowest BCUT2D eigenvalue weighted by Gasteiger charge is -2.56. The Morgan fingerprint density at radius 1 is 0.310 bits per heavy atom. The summed E-state index contributed by atoms with van der Waals surface area (Å²) >= 11 is 0. The molecule has 18 aliphatic rings. The first-order chi connectivity index (χ1) is 28.1. The van der Waals surface area contributed by atoms with Crippen LogP contribution in [-0.2, 0) is 18.9 Å². The van der Waals surface area contributed by atoms with Crippen LogP contribution in [0.15, 0.2) is 0 Å². The molecule has 2 heterocycles. The summed E-state index contributed by atoms with van der Waals surface area (Å²) in [5, 5.41) is 0. The third kappa shape index (κ3) is 5.60. The second-order valence-corrected chi connectivity index (χ2v) is 24.8. The maximum Gasteiger partial charge on any atom is 0.327 e. The molecule has 2 aliphatic heterocycles. The molecule has 2 saturated heterocycles. The van der Waals surface area contributed by atoms with Crippen LogP contribution in [0.25, 0.3) is 0 Å². The molecular formula is C48H70N4O6. The predicted molar refractivity (Wildman–Crippen MR) is 213 cm³/mol. The number of nitrogens with zero attached hydrogens (tertiary/aromatic N) is 4. The molecule has 0 atom stereocenters. The summed E-state index contributed by atoms with van der Waals surface area (Å²) in [6, 6.07) is -0.0897. The van der Waals surface area contributed by atoms with Gasteiger partial charge in [-0.3, -0.25) is 19.6 Å². The molecule has 0 aromatic carbocycles. The molecule has 16 aliphatic carbocycles. The summed E-state index contributed by atoms with van der Waals surface area (Å²) in [5.74, 6) is 9.10. The summed E-state index contributed by atoms with van der Waals surface area (Å²) in [6.07, 6.45) is 28.7. The number of ether oxygens (including phenoxy) is 4. The van der Waals surface area contributed by atoms with Crippen LogP contribution in [0.3, 0.4) is 0 Å². The fraction of sp³-hybridized carbons (Fsp3) is 0.958. The van der Waals surface area contributed by atoms with Gasteiger partial charge >= 0.3 is 12.1 Å². The minimum absolute atomic E-state index is 0.0448. The van der Waals surface area contributed by atoms with Crippen molar-refractivity contribution >= 4 is 12.1 Å². The zero-order valence-corrected chi connectivity index (χ0v) is 35.1. The Balaban J connectivity index is 0.785. The fourth-order valence-corrected chi connectivity index (χ4v) is 19.9. The molecular weight excluding hydrogens is 729 g/mol. The zero-order valence-electron chi connectivity index (χ0n) is 35.1. The van der Waals surface area contributed by atoms with Gasteiger partial charge in [-0.25, -0.2) is 9.59 Å². The number of fused-ring (bicyclic) bond motifs is 1. The summed E-state index contributed by atoms with van der Waals surface area (Å²) in [5.41, 5.74) is -0.563. The second kappa shape index (κ2) is 12.5. The van der Waals surface area contributed by atoms with E-state index < -0.39 is 12.3 Å². The Morgan fingerprint density at radius 2 is 0.466 bits per heavy atom. The van der Waals surface area contributed by atoms with Gasteiger partial charge in [-0.2, -0.15) is 0 Å². The van der Waals surface area contributed by atoms with Crippen molar-refractivity contribution in [2.75, 3.05) is 26.9 Å². The molecule has 10 nitrogen and oxygen atoms in total. The predicted octanol–water partition coefficient (Wildman–Crippen LogP) is 8.89.